The topological polar surface area (TPSA) is 60.2 Å². The van der Waals surface area contributed by atoms with Gasteiger partial charge in [0.05, 0.1) is 6.07 Å². The van der Waals surface area contributed by atoms with E-state index < -0.39 is 6.04 Å². The Hall–Kier alpha value is -3.08. The quantitative estimate of drug-likeness (QED) is 0.632. The van der Waals surface area contributed by atoms with Crippen molar-refractivity contribution in [2.24, 2.45) is 0 Å². The summed E-state index contributed by atoms with van der Waals surface area (Å²) >= 11 is 1.47. The largest absolute Gasteiger partial charge is 0.335 e. The number of nitrogens with zero attached hydrogens (tertiary/aromatic N) is 4. The summed E-state index contributed by atoms with van der Waals surface area (Å²) in [5.74, 6) is -0.404. The van der Waals surface area contributed by atoms with E-state index >= 15 is 0 Å². The SMILES string of the molecule is Cc1ccc(-c2nc(C(=O)N3CCN([C@@H](C#N)c4ccc(F)cc4)CC3)cs2)cc1. The van der Waals surface area contributed by atoms with Crippen LogP contribution in [0, 0.1) is 24.1 Å². The number of aromatic nitrogens is 1. The number of hydrogen-bond donors (Lipinski definition) is 0. The second-order valence-corrected chi connectivity index (χ2v) is 8.17. The first-order chi connectivity index (χ1) is 14.5. The highest BCUT2D eigenvalue weighted by atomic mass is 32.1. The van der Waals surface area contributed by atoms with Crippen molar-refractivity contribution < 1.29 is 9.18 Å². The van der Waals surface area contributed by atoms with Crippen molar-refractivity contribution in [3.63, 3.8) is 0 Å². The highest BCUT2D eigenvalue weighted by Crippen LogP contribution is 2.26. The fourth-order valence-electron chi connectivity index (χ4n) is 3.56. The van der Waals surface area contributed by atoms with Crippen LogP contribution < -0.4 is 0 Å². The zero-order chi connectivity index (χ0) is 21.1. The van der Waals surface area contributed by atoms with Crippen LogP contribution in [-0.4, -0.2) is 46.9 Å². The van der Waals surface area contributed by atoms with Crippen LogP contribution in [-0.2, 0) is 0 Å². The summed E-state index contributed by atoms with van der Waals surface area (Å²) in [7, 11) is 0. The van der Waals surface area contributed by atoms with Crippen LogP contribution >= 0.6 is 11.3 Å². The second kappa shape index (κ2) is 8.74. The zero-order valence-corrected chi connectivity index (χ0v) is 17.4. The molecule has 0 radical (unpaired) electrons. The molecule has 1 aliphatic heterocycles. The summed E-state index contributed by atoms with van der Waals surface area (Å²) < 4.78 is 13.2. The lowest BCUT2D eigenvalue weighted by Gasteiger charge is -2.36. The average molecular weight is 421 g/mol. The molecule has 0 bridgehead atoms. The first-order valence-electron chi connectivity index (χ1n) is 9.76. The number of nitriles is 1. The van der Waals surface area contributed by atoms with E-state index in [-0.39, 0.29) is 11.7 Å². The van der Waals surface area contributed by atoms with E-state index in [1.54, 1.807) is 22.4 Å². The highest BCUT2D eigenvalue weighted by molar-refractivity contribution is 7.13. The molecule has 0 saturated carbocycles. The lowest BCUT2D eigenvalue weighted by atomic mass is 10.1. The predicted octanol–water partition coefficient (Wildman–Crippen LogP) is 4.28. The van der Waals surface area contributed by atoms with E-state index in [2.05, 4.69) is 11.1 Å². The van der Waals surface area contributed by atoms with Gasteiger partial charge in [0.1, 0.15) is 22.6 Å². The van der Waals surface area contributed by atoms with Gasteiger partial charge in [-0.15, -0.1) is 11.3 Å². The number of hydrogen-bond acceptors (Lipinski definition) is 5. The third-order valence-corrected chi connectivity index (χ3v) is 6.19. The highest BCUT2D eigenvalue weighted by Gasteiger charge is 2.28. The summed E-state index contributed by atoms with van der Waals surface area (Å²) in [6.07, 6.45) is 0. The van der Waals surface area contributed by atoms with Crippen molar-refractivity contribution in [1.29, 1.82) is 5.26 Å². The van der Waals surface area contributed by atoms with Gasteiger partial charge in [0.2, 0.25) is 0 Å². The van der Waals surface area contributed by atoms with Crippen molar-refractivity contribution in [2.75, 3.05) is 26.2 Å². The van der Waals surface area contributed by atoms with Gasteiger partial charge < -0.3 is 4.90 Å². The van der Waals surface area contributed by atoms with Gasteiger partial charge in [0, 0.05) is 37.1 Å². The summed E-state index contributed by atoms with van der Waals surface area (Å²) in [5, 5.41) is 12.2. The number of aryl methyl sites for hydroxylation is 1. The predicted molar refractivity (Wildman–Crippen MR) is 115 cm³/mol. The van der Waals surface area contributed by atoms with Crippen LogP contribution in [0.2, 0.25) is 0 Å². The molecule has 1 atom stereocenters. The minimum Gasteiger partial charge on any atom is -0.335 e. The molecule has 0 N–H and O–H groups in total. The van der Waals surface area contributed by atoms with Crippen LogP contribution in [0.3, 0.4) is 0 Å². The second-order valence-electron chi connectivity index (χ2n) is 7.32. The Bertz CT molecular complexity index is 1060. The lowest BCUT2D eigenvalue weighted by molar-refractivity contribution is 0.0601. The van der Waals surface area contributed by atoms with Gasteiger partial charge in [0.15, 0.2) is 0 Å². The lowest BCUT2D eigenvalue weighted by Crippen LogP contribution is -2.49. The Morgan fingerprint density at radius 1 is 1.10 bits per heavy atom. The smallest absolute Gasteiger partial charge is 0.273 e. The molecule has 2 aromatic carbocycles. The first kappa shape index (κ1) is 20.2. The number of halogens is 1. The molecule has 4 rings (SSSR count). The number of benzene rings is 2. The summed E-state index contributed by atoms with van der Waals surface area (Å²) in [4.78, 5) is 21.2. The third kappa shape index (κ3) is 4.25. The van der Waals surface area contributed by atoms with Gasteiger partial charge in [-0.25, -0.2) is 9.37 Å². The number of rotatable bonds is 4. The summed E-state index contributed by atoms with van der Waals surface area (Å²) in [6.45, 7) is 4.24. The van der Waals surface area contributed by atoms with E-state index in [0.717, 1.165) is 16.1 Å². The molecule has 1 aliphatic rings. The maximum atomic E-state index is 13.2. The Morgan fingerprint density at radius 3 is 2.40 bits per heavy atom. The maximum absolute atomic E-state index is 13.2. The van der Waals surface area contributed by atoms with Crippen molar-refractivity contribution >= 4 is 17.2 Å². The molecule has 5 nitrogen and oxygen atoms in total. The van der Waals surface area contributed by atoms with E-state index in [4.69, 9.17) is 0 Å². The Morgan fingerprint density at radius 2 is 1.77 bits per heavy atom. The molecule has 0 aliphatic carbocycles. The van der Waals surface area contributed by atoms with Crippen molar-refractivity contribution in [1.82, 2.24) is 14.8 Å². The van der Waals surface area contributed by atoms with Gasteiger partial charge in [-0.3, -0.25) is 9.69 Å². The van der Waals surface area contributed by atoms with Crippen LogP contribution in [0.15, 0.2) is 53.9 Å². The van der Waals surface area contributed by atoms with E-state index in [0.29, 0.717) is 31.9 Å². The Labute approximate surface area is 179 Å². The number of carbonyl (C=O) groups is 1. The standard InChI is InChI=1S/C23H21FN4OS/c1-16-2-4-18(5-3-16)22-26-20(15-30-22)23(29)28-12-10-27(11-13-28)21(14-25)17-6-8-19(24)9-7-17/h2-9,15,21H,10-13H2,1H3/t21-/m0/s1. The Kier molecular flexibility index (Phi) is 5.88. The van der Waals surface area contributed by atoms with Crippen LogP contribution in [0.25, 0.3) is 10.6 Å². The molecule has 7 heteroatoms. The molecule has 1 aromatic heterocycles. The van der Waals surface area contributed by atoms with Gasteiger partial charge in [-0.1, -0.05) is 42.0 Å². The van der Waals surface area contributed by atoms with Gasteiger partial charge in [-0.2, -0.15) is 5.26 Å². The number of amides is 1. The van der Waals surface area contributed by atoms with Gasteiger partial charge >= 0.3 is 0 Å². The van der Waals surface area contributed by atoms with Crippen LogP contribution in [0.1, 0.15) is 27.7 Å². The third-order valence-electron chi connectivity index (χ3n) is 5.30. The fraction of sp³-hybridized carbons (Fsp3) is 0.261. The van der Waals surface area contributed by atoms with Crippen LogP contribution in [0.4, 0.5) is 4.39 Å². The molecule has 1 saturated heterocycles. The summed E-state index contributed by atoms with van der Waals surface area (Å²) in [6, 6.07) is 16.0. The van der Waals surface area contributed by atoms with E-state index in [9.17, 15) is 14.4 Å². The van der Waals surface area contributed by atoms with E-state index in [1.807, 2.05) is 36.1 Å². The normalized spacial score (nSPS) is 15.6. The van der Waals surface area contributed by atoms with Gasteiger partial charge in [0.25, 0.3) is 5.91 Å². The molecule has 0 spiro atoms. The molecule has 3 aromatic rings. The molecule has 1 fully saturated rings. The molecule has 2 heterocycles. The number of carbonyl (C=O) groups excluding carboxylic acids is 1. The molecular formula is C23H21FN4OS. The fourth-order valence-corrected chi connectivity index (χ4v) is 4.36. The monoisotopic (exact) mass is 420 g/mol. The molecule has 152 valence electrons. The molecular weight excluding hydrogens is 399 g/mol. The maximum Gasteiger partial charge on any atom is 0.273 e. The Balaban J connectivity index is 1.40. The molecule has 0 unspecified atom stereocenters. The first-order valence-corrected chi connectivity index (χ1v) is 10.6. The number of thiazole rings is 1. The van der Waals surface area contributed by atoms with Crippen molar-refractivity contribution in [2.45, 2.75) is 13.0 Å². The zero-order valence-electron chi connectivity index (χ0n) is 16.6. The average Bonchev–Trinajstić information content (AvgIpc) is 3.26. The van der Waals surface area contributed by atoms with Crippen molar-refractivity contribution in [3.8, 4) is 16.6 Å². The number of piperazine rings is 1. The van der Waals surface area contributed by atoms with E-state index in [1.165, 1.54) is 29.0 Å². The van der Waals surface area contributed by atoms with Crippen LogP contribution in [0.5, 0.6) is 0 Å². The minimum atomic E-state index is -0.449. The van der Waals surface area contributed by atoms with Gasteiger partial charge in [-0.05, 0) is 24.6 Å². The minimum absolute atomic E-state index is 0.0837. The molecule has 30 heavy (non-hydrogen) atoms. The molecule has 1 amide bonds. The summed E-state index contributed by atoms with van der Waals surface area (Å²) in [5.41, 5.74) is 3.41. The van der Waals surface area contributed by atoms with Crippen molar-refractivity contribution in [3.05, 3.63) is 76.5 Å².